The number of esters is 1. The molecule has 1 fully saturated rings. The zero-order valence-corrected chi connectivity index (χ0v) is 16.8. The second kappa shape index (κ2) is 7.98. The summed E-state index contributed by atoms with van der Waals surface area (Å²) in [6.07, 6.45) is 3.36. The number of carbonyl (C=O) groups excluding carboxylic acids is 1. The molecular formula is C23H21N5O3. The Morgan fingerprint density at radius 3 is 2.65 bits per heavy atom. The number of para-hydroxylation sites is 2. The van der Waals surface area contributed by atoms with E-state index in [0.717, 1.165) is 11.1 Å². The minimum Gasteiger partial charge on any atom is -0.464 e. The van der Waals surface area contributed by atoms with E-state index in [0.29, 0.717) is 43.3 Å². The van der Waals surface area contributed by atoms with Crippen molar-refractivity contribution < 1.29 is 13.9 Å². The largest absolute Gasteiger partial charge is 0.464 e. The average molecular weight is 415 g/mol. The summed E-state index contributed by atoms with van der Waals surface area (Å²) < 4.78 is 10.9. The lowest BCUT2D eigenvalue weighted by Gasteiger charge is -2.34. The lowest BCUT2D eigenvalue weighted by atomic mass is 10.1. The molecule has 0 unspecified atom stereocenters. The minimum absolute atomic E-state index is 0.259. The van der Waals surface area contributed by atoms with Crippen molar-refractivity contribution in [2.45, 2.75) is 0 Å². The highest BCUT2D eigenvalue weighted by Gasteiger charge is 2.27. The summed E-state index contributed by atoms with van der Waals surface area (Å²) in [5.41, 5.74) is 8.58. The van der Waals surface area contributed by atoms with Crippen LogP contribution in [0.25, 0.3) is 11.0 Å². The number of rotatable bonds is 3. The van der Waals surface area contributed by atoms with Crippen molar-refractivity contribution in [1.82, 2.24) is 9.80 Å². The van der Waals surface area contributed by atoms with Gasteiger partial charge in [-0.2, -0.15) is 0 Å². The molecule has 0 bridgehead atoms. The molecule has 3 aromatic rings. The van der Waals surface area contributed by atoms with Crippen LogP contribution in [0, 0.1) is 0 Å². The molecule has 0 saturated carbocycles. The van der Waals surface area contributed by atoms with E-state index >= 15 is 0 Å². The van der Waals surface area contributed by atoms with Gasteiger partial charge >= 0.3 is 5.97 Å². The van der Waals surface area contributed by atoms with Gasteiger partial charge in [0.1, 0.15) is 5.58 Å². The zero-order valence-electron chi connectivity index (χ0n) is 16.8. The predicted molar refractivity (Wildman–Crippen MR) is 118 cm³/mol. The molecule has 31 heavy (non-hydrogen) atoms. The molecule has 5 rings (SSSR count). The van der Waals surface area contributed by atoms with E-state index in [1.807, 2.05) is 64.4 Å². The van der Waals surface area contributed by atoms with E-state index in [2.05, 4.69) is 9.98 Å². The van der Waals surface area contributed by atoms with E-state index in [-0.39, 0.29) is 11.6 Å². The van der Waals surface area contributed by atoms with Crippen LogP contribution in [0.15, 0.2) is 87.2 Å². The molecule has 0 atom stereocenters. The fourth-order valence-corrected chi connectivity index (χ4v) is 3.63. The number of hydrogen-bond donors (Lipinski definition) is 1. The molecule has 8 heteroatoms. The highest BCUT2D eigenvalue weighted by molar-refractivity contribution is 6.15. The molecule has 1 aromatic heterocycles. The van der Waals surface area contributed by atoms with Gasteiger partial charge in [0.25, 0.3) is 0 Å². The molecular weight excluding hydrogens is 394 g/mol. The summed E-state index contributed by atoms with van der Waals surface area (Å²) >= 11 is 0. The second-order valence-corrected chi connectivity index (χ2v) is 7.29. The highest BCUT2D eigenvalue weighted by atomic mass is 16.6. The molecule has 2 aromatic carbocycles. The van der Waals surface area contributed by atoms with Crippen LogP contribution in [0.4, 0.5) is 5.69 Å². The fourth-order valence-electron chi connectivity index (χ4n) is 3.63. The van der Waals surface area contributed by atoms with Crippen LogP contribution in [0.3, 0.4) is 0 Å². The van der Waals surface area contributed by atoms with Crippen molar-refractivity contribution >= 4 is 34.5 Å². The van der Waals surface area contributed by atoms with Crippen molar-refractivity contribution in [3.05, 3.63) is 78.3 Å². The van der Waals surface area contributed by atoms with E-state index in [9.17, 15) is 4.79 Å². The van der Waals surface area contributed by atoms with E-state index < -0.39 is 5.97 Å². The second-order valence-electron chi connectivity index (χ2n) is 7.29. The molecule has 3 heterocycles. The summed E-state index contributed by atoms with van der Waals surface area (Å²) in [5, 5.41) is 0.930. The first-order valence-corrected chi connectivity index (χ1v) is 10.0. The summed E-state index contributed by atoms with van der Waals surface area (Å²) in [6, 6.07) is 17.1. The maximum atomic E-state index is 12.4. The third-order valence-corrected chi connectivity index (χ3v) is 5.27. The first-order valence-electron chi connectivity index (χ1n) is 10.0. The zero-order chi connectivity index (χ0) is 21.2. The summed E-state index contributed by atoms with van der Waals surface area (Å²) in [5.74, 6) is 0.284. The predicted octanol–water partition coefficient (Wildman–Crippen LogP) is 2.84. The number of cyclic esters (lactones) is 1. The number of piperazine rings is 1. The SMILES string of the molecule is NC(=Nc1ccccc1)N1CCN(C=C2N=C(c3cccc4ccoc34)OC2=O)CC1. The Labute approximate surface area is 178 Å². The van der Waals surface area contributed by atoms with Gasteiger partial charge in [-0.1, -0.05) is 30.3 Å². The number of nitrogens with zero attached hydrogens (tertiary/aromatic N) is 4. The highest BCUT2D eigenvalue weighted by Crippen LogP contribution is 2.25. The van der Waals surface area contributed by atoms with Gasteiger partial charge in [0.2, 0.25) is 5.90 Å². The average Bonchev–Trinajstić information content (AvgIpc) is 3.41. The fraction of sp³-hybridized carbons (Fsp3) is 0.174. The van der Waals surface area contributed by atoms with Crippen molar-refractivity contribution in [3.8, 4) is 0 Å². The van der Waals surface area contributed by atoms with Crippen LogP contribution in [0.1, 0.15) is 5.56 Å². The molecule has 1 saturated heterocycles. The van der Waals surface area contributed by atoms with Gasteiger partial charge in [0.15, 0.2) is 11.7 Å². The van der Waals surface area contributed by atoms with Gasteiger partial charge in [0, 0.05) is 37.8 Å². The molecule has 8 nitrogen and oxygen atoms in total. The monoisotopic (exact) mass is 415 g/mol. The molecule has 0 spiro atoms. The Balaban J connectivity index is 1.28. The molecule has 0 radical (unpaired) electrons. The smallest absolute Gasteiger partial charge is 0.365 e. The van der Waals surface area contributed by atoms with Crippen LogP contribution in [0.5, 0.6) is 0 Å². The number of ether oxygens (including phenoxy) is 1. The molecule has 0 aliphatic carbocycles. The summed E-state index contributed by atoms with van der Waals surface area (Å²) in [6.45, 7) is 2.79. The number of nitrogens with two attached hydrogens (primary N) is 1. The minimum atomic E-state index is -0.467. The first kappa shape index (κ1) is 18.9. The topological polar surface area (TPSA) is 96.7 Å². The van der Waals surface area contributed by atoms with Crippen molar-refractivity contribution in [1.29, 1.82) is 0 Å². The maximum Gasteiger partial charge on any atom is 0.365 e. The van der Waals surface area contributed by atoms with Crippen molar-refractivity contribution in [2.75, 3.05) is 26.2 Å². The number of furan rings is 1. The molecule has 0 amide bonds. The number of carbonyl (C=O) groups is 1. The number of guanidine groups is 1. The molecule has 2 aliphatic heterocycles. The van der Waals surface area contributed by atoms with E-state index in [4.69, 9.17) is 14.9 Å². The van der Waals surface area contributed by atoms with Crippen LogP contribution in [-0.4, -0.2) is 53.8 Å². The Morgan fingerprint density at radius 2 is 1.84 bits per heavy atom. The van der Waals surface area contributed by atoms with Gasteiger partial charge in [0.05, 0.1) is 17.5 Å². The standard InChI is InChI=1S/C23H21N5O3/c24-23(25-17-6-2-1-3-7-17)28-12-10-27(11-13-28)15-19-22(29)31-21(26-19)18-8-4-5-16-9-14-30-20(16)18/h1-9,14-15H,10-13H2,(H2,24,25). The maximum absolute atomic E-state index is 12.4. The number of benzene rings is 2. The van der Waals surface area contributed by atoms with Crippen LogP contribution in [0.2, 0.25) is 0 Å². The first-order chi connectivity index (χ1) is 15.2. The quantitative estimate of drug-likeness (QED) is 0.306. The summed E-state index contributed by atoms with van der Waals surface area (Å²) in [4.78, 5) is 25.3. The van der Waals surface area contributed by atoms with Crippen LogP contribution >= 0.6 is 0 Å². The van der Waals surface area contributed by atoms with Gasteiger partial charge in [-0.05, 0) is 24.3 Å². The number of fused-ring (bicyclic) bond motifs is 1. The van der Waals surface area contributed by atoms with Gasteiger partial charge in [-0.15, -0.1) is 0 Å². The third-order valence-electron chi connectivity index (χ3n) is 5.27. The Kier molecular flexibility index (Phi) is 4.87. The number of aliphatic imine (C=N–C) groups is 2. The normalized spacial score (nSPS) is 18.6. The van der Waals surface area contributed by atoms with Crippen LogP contribution < -0.4 is 5.73 Å². The van der Waals surface area contributed by atoms with Crippen LogP contribution in [-0.2, 0) is 9.53 Å². The molecule has 156 valence electrons. The van der Waals surface area contributed by atoms with Gasteiger partial charge in [-0.25, -0.2) is 14.8 Å². The van der Waals surface area contributed by atoms with Crippen molar-refractivity contribution in [3.63, 3.8) is 0 Å². The number of hydrogen-bond acceptors (Lipinski definition) is 6. The van der Waals surface area contributed by atoms with Gasteiger partial charge < -0.3 is 24.7 Å². The van der Waals surface area contributed by atoms with Gasteiger partial charge in [-0.3, -0.25) is 0 Å². The third kappa shape index (κ3) is 3.87. The van der Waals surface area contributed by atoms with E-state index in [1.165, 1.54) is 0 Å². The van der Waals surface area contributed by atoms with E-state index in [1.54, 1.807) is 12.5 Å². The Bertz CT molecular complexity index is 1200. The molecule has 2 N–H and O–H groups in total. The lowest BCUT2D eigenvalue weighted by molar-refractivity contribution is -0.130. The molecule has 2 aliphatic rings. The van der Waals surface area contributed by atoms with Crippen molar-refractivity contribution in [2.24, 2.45) is 15.7 Å². The summed E-state index contributed by atoms with van der Waals surface area (Å²) in [7, 11) is 0. The lowest BCUT2D eigenvalue weighted by Crippen LogP contribution is -2.49. The Hall–Kier alpha value is -4.07. The Morgan fingerprint density at radius 1 is 1.03 bits per heavy atom.